The number of carbonyl (C=O) groups is 1. The number of rotatable bonds is 3. The fourth-order valence-electron chi connectivity index (χ4n) is 4.09. The van der Waals surface area contributed by atoms with Crippen LogP contribution < -0.4 is 4.74 Å². The Morgan fingerprint density at radius 3 is 2.86 bits per heavy atom. The number of hydrogen-bond acceptors (Lipinski definition) is 6. The molecule has 7 nitrogen and oxygen atoms in total. The molecular weight excluding hydrogens is 370 g/mol. The molecule has 7 heteroatoms. The number of benzene rings is 1. The lowest BCUT2D eigenvalue weighted by molar-refractivity contribution is 0.0720. The van der Waals surface area contributed by atoms with Gasteiger partial charge in [-0.1, -0.05) is 12.1 Å². The van der Waals surface area contributed by atoms with Crippen LogP contribution in [0.2, 0.25) is 0 Å². The molecule has 29 heavy (non-hydrogen) atoms. The summed E-state index contributed by atoms with van der Waals surface area (Å²) in [6.45, 7) is 2.53. The van der Waals surface area contributed by atoms with Gasteiger partial charge in [0.25, 0.3) is 5.91 Å². The van der Waals surface area contributed by atoms with Crippen molar-refractivity contribution in [2.75, 3.05) is 26.9 Å². The fourth-order valence-corrected chi connectivity index (χ4v) is 4.09. The third kappa shape index (κ3) is 3.35. The SMILES string of the molecule is COc1cc(C(=O)N2CCc3oc(C4CCOCC4)nc3C2)nc2ccccc12. The third-order valence-electron chi connectivity index (χ3n) is 5.72. The quantitative estimate of drug-likeness (QED) is 0.679. The lowest BCUT2D eigenvalue weighted by Gasteiger charge is -2.25. The molecule has 1 aromatic carbocycles. The summed E-state index contributed by atoms with van der Waals surface area (Å²) in [5.41, 5.74) is 1.99. The number of fused-ring (bicyclic) bond motifs is 2. The van der Waals surface area contributed by atoms with Gasteiger partial charge in [-0.2, -0.15) is 0 Å². The number of carbonyl (C=O) groups excluding carboxylic acids is 1. The van der Waals surface area contributed by atoms with E-state index in [9.17, 15) is 4.79 Å². The van der Waals surface area contributed by atoms with E-state index in [0.29, 0.717) is 36.9 Å². The fraction of sp³-hybridized carbons (Fsp3) is 0.409. The number of ether oxygens (including phenoxy) is 2. The zero-order valence-electron chi connectivity index (χ0n) is 16.4. The number of methoxy groups -OCH3 is 1. The van der Waals surface area contributed by atoms with Gasteiger partial charge in [0.1, 0.15) is 22.9 Å². The number of pyridine rings is 1. The van der Waals surface area contributed by atoms with Gasteiger partial charge >= 0.3 is 0 Å². The Kier molecular flexibility index (Phi) is 4.67. The molecule has 4 heterocycles. The van der Waals surface area contributed by atoms with Crippen LogP contribution in [0.5, 0.6) is 5.75 Å². The predicted octanol–water partition coefficient (Wildman–Crippen LogP) is 3.32. The van der Waals surface area contributed by atoms with E-state index in [1.165, 1.54) is 0 Å². The van der Waals surface area contributed by atoms with E-state index in [0.717, 1.165) is 54.3 Å². The van der Waals surface area contributed by atoms with E-state index in [4.69, 9.17) is 18.9 Å². The van der Waals surface area contributed by atoms with Gasteiger partial charge in [0.05, 0.1) is 19.2 Å². The summed E-state index contributed by atoms with van der Waals surface area (Å²) >= 11 is 0. The Labute approximate surface area is 168 Å². The zero-order valence-corrected chi connectivity index (χ0v) is 16.4. The van der Waals surface area contributed by atoms with Crippen LogP contribution in [-0.2, 0) is 17.7 Å². The summed E-state index contributed by atoms with van der Waals surface area (Å²) in [4.78, 5) is 24.2. The van der Waals surface area contributed by atoms with E-state index >= 15 is 0 Å². The standard InChI is InChI=1S/C22H23N3O4/c1-27-20-12-17(23-16-5-3-2-4-15(16)20)22(26)25-9-6-19-18(13-25)24-21(29-19)14-7-10-28-11-8-14/h2-5,12,14H,6-11,13H2,1H3. The second-order valence-electron chi connectivity index (χ2n) is 7.51. The molecule has 0 bridgehead atoms. The highest BCUT2D eigenvalue weighted by Gasteiger charge is 2.30. The summed E-state index contributed by atoms with van der Waals surface area (Å²) in [5.74, 6) is 2.54. The minimum absolute atomic E-state index is 0.115. The zero-order chi connectivity index (χ0) is 19.8. The second kappa shape index (κ2) is 7.48. The van der Waals surface area contributed by atoms with Gasteiger partial charge in [-0.05, 0) is 25.0 Å². The predicted molar refractivity (Wildman–Crippen MR) is 106 cm³/mol. The van der Waals surface area contributed by atoms with Gasteiger partial charge < -0.3 is 18.8 Å². The van der Waals surface area contributed by atoms with Crippen LogP contribution in [0.25, 0.3) is 10.9 Å². The van der Waals surface area contributed by atoms with E-state index in [1.54, 1.807) is 18.1 Å². The topological polar surface area (TPSA) is 77.7 Å². The van der Waals surface area contributed by atoms with Crippen molar-refractivity contribution in [3.63, 3.8) is 0 Å². The molecule has 0 radical (unpaired) electrons. The number of oxazole rings is 1. The molecule has 2 aliphatic rings. The normalized spacial score (nSPS) is 17.3. The van der Waals surface area contributed by atoms with Gasteiger partial charge in [-0.25, -0.2) is 9.97 Å². The van der Waals surface area contributed by atoms with Crippen LogP contribution in [0.15, 0.2) is 34.7 Å². The number of nitrogens with zero attached hydrogens (tertiary/aromatic N) is 3. The van der Waals surface area contributed by atoms with Crippen molar-refractivity contribution in [2.24, 2.45) is 0 Å². The van der Waals surface area contributed by atoms with Crippen LogP contribution in [0, 0.1) is 0 Å². The maximum atomic E-state index is 13.2. The molecular formula is C22H23N3O4. The summed E-state index contributed by atoms with van der Waals surface area (Å²) in [6, 6.07) is 9.39. The largest absolute Gasteiger partial charge is 0.496 e. The van der Waals surface area contributed by atoms with Gasteiger partial charge in [0, 0.05) is 43.5 Å². The van der Waals surface area contributed by atoms with Crippen LogP contribution in [0.3, 0.4) is 0 Å². The molecule has 0 atom stereocenters. The lowest BCUT2D eigenvalue weighted by Crippen LogP contribution is -2.36. The van der Waals surface area contributed by atoms with Crippen molar-refractivity contribution in [1.29, 1.82) is 0 Å². The smallest absolute Gasteiger partial charge is 0.272 e. The molecule has 2 aromatic heterocycles. The summed E-state index contributed by atoms with van der Waals surface area (Å²) in [5, 5.41) is 0.894. The monoisotopic (exact) mass is 393 g/mol. The third-order valence-corrected chi connectivity index (χ3v) is 5.72. The maximum absolute atomic E-state index is 13.2. The molecule has 5 rings (SSSR count). The summed E-state index contributed by atoms with van der Waals surface area (Å²) in [7, 11) is 1.61. The first-order chi connectivity index (χ1) is 14.2. The van der Waals surface area contributed by atoms with E-state index in [1.807, 2.05) is 24.3 Å². The van der Waals surface area contributed by atoms with E-state index in [-0.39, 0.29) is 5.91 Å². The molecule has 1 saturated heterocycles. The minimum atomic E-state index is -0.115. The molecule has 1 amide bonds. The number of para-hydroxylation sites is 1. The van der Waals surface area contributed by atoms with Gasteiger partial charge in [-0.15, -0.1) is 0 Å². The highest BCUT2D eigenvalue weighted by Crippen LogP contribution is 2.31. The second-order valence-corrected chi connectivity index (χ2v) is 7.51. The first-order valence-electron chi connectivity index (χ1n) is 10.0. The molecule has 3 aromatic rings. The van der Waals surface area contributed by atoms with E-state index in [2.05, 4.69) is 4.98 Å². The Hall–Kier alpha value is -2.93. The highest BCUT2D eigenvalue weighted by atomic mass is 16.5. The highest BCUT2D eigenvalue weighted by molar-refractivity contribution is 5.97. The van der Waals surface area contributed by atoms with Crippen molar-refractivity contribution >= 4 is 16.8 Å². The first kappa shape index (κ1) is 18.1. The molecule has 2 aliphatic heterocycles. The van der Waals surface area contributed by atoms with Crippen LogP contribution in [0.1, 0.15) is 46.6 Å². The van der Waals surface area contributed by atoms with Crippen LogP contribution in [0.4, 0.5) is 0 Å². The lowest BCUT2D eigenvalue weighted by atomic mass is 10.0. The first-order valence-corrected chi connectivity index (χ1v) is 10.0. The van der Waals surface area contributed by atoms with Crippen molar-refractivity contribution in [3.05, 3.63) is 53.4 Å². The van der Waals surface area contributed by atoms with Gasteiger partial charge in [-0.3, -0.25) is 4.79 Å². The summed E-state index contributed by atoms with van der Waals surface area (Å²) in [6.07, 6.45) is 2.54. The molecule has 0 saturated carbocycles. The van der Waals surface area contributed by atoms with Crippen molar-refractivity contribution in [2.45, 2.75) is 31.7 Å². The number of hydrogen-bond donors (Lipinski definition) is 0. The molecule has 0 aliphatic carbocycles. The van der Waals surface area contributed by atoms with Gasteiger partial charge in [0.2, 0.25) is 0 Å². The minimum Gasteiger partial charge on any atom is -0.496 e. The van der Waals surface area contributed by atoms with Crippen molar-refractivity contribution in [3.8, 4) is 5.75 Å². The van der Waals surface area contributed by atoms with Crippen molar-refractivity contribution < 1.29 is 18.7 Å². The van der Waals surface area contributed by atoms with E-state index < -0.39 is 0 Å². The summed E-state index contributed by atoms with van der Waals surface area (Å²) < 4.78 is 16.9. The Balaban J connectivity index is 1.39. The van der Waals surface area contributed by atoms with Crippen molar-refractivity contribution in [1.82, 2.24) is 14.9 Å². The molecule has 0 unspecified atom stereocenters. The maximum Gasteiger partial charge on any atom is 0.272 e. The Bertz CT molecular complexity index is 1060. The molecule has 1 fully saturated rings. The molecule has 0 N–H and O–H groups in total. The Morgan fingerprint density at radius 1 is 1.21 bits per heavy atom. The molecule has 0 spiro atoms. The molecule has 150 valence electrons. The number of amides is 1. The number of aromatic nitrogens is 2. The Morgan fingerprint density at radius 2 is 2.03 bits per heavy atom. The van der Waals surface area contributed by atoms with Crippen LogP contribution >= 0.6 is 0 Å². The average Bonchev–Trinajstić information content (AvgIpc) is 3.22. The average molecular weight is 393 g/mol. The van der Waals surface area contributed by atoms with Crippen LogP contribution in [-0.4, -0.2) is 47.6 Å². The van der Waals surface area contributed by atoms with Gasteiger partial charge in [0.15, 0.2) is 5.89 Å².